The molecule has 19 heavy (non-hydrogen) atoms. The number of hydrogen-bond donors (Lipinski definition) is 2. The fourth-order valence-electron chi connectivity index (χ4n) is 0.953. The van der Waals surface area contributed by atoms with E-state index in [-0.39, 0.29) is 0 Å². The highest BCUT2D eigenvalue weighted by Gasteiger charge is 2.29. The first-order valence-corrected chi connectivity index (χ1v) is 6.21. The molecule has 0 aliphatic heterocycles. The van der Waals surface area contributed by atoms with Crippen LogP contribution in [0.4, 0.5) is 4.79 Å². The van der Waals surface area contributed by atoms with Crippen LogP contribution >= 0.6 is 0 Å². The zero-order valence-electron chi connectivity index (χ0n) is 12.7. The van der Waals surface area contributed by atoms with Crippen molar-refractivity contribution < 1.29 is 24.2 Å². The number of ether oxygens (including phenoxy) is 2. The third-order valence-electron chi connectivity index (χ3n) is 2.01. The van der Waals surface area contributed by atoms with E-state index in [4.69, 9.17) is 9.47 Å². The predicted molar refractivity (Wildman–Crippen MR) is 70.4 cm³/mol. The van der Waals surface area contributed by atoms with Gasteiger partial charge in [-0.25, -0.2) is 4.79 Å². The highest BCUT2D eigenvalue weighted by atomic mass is 16.6. The van der Waals surface area contributed by atoms with Gasteiger partial charge in [0.25, 0.3) is 0 Å². The molecular weight excluding hydrogens is 250 g/mol. The van der Waals surface area contributed by atoms with Gasteiger partial charge in [0.15, 0.2) is 0 Å². The van der Waals surface area contributed by atoms with Crippen LogP contribution < -0.4 is 5.32 Å². The van der Waals surface area contributed by atoms with Gasteiger partial charge < -0.3 is 19.9 Å². The number of carbonyl (C=O) groups excluding carboxylic acids is 2. The van der Waals surface area contributed by atoms with Crippen LogP contribution in [0.25, 0.3) is 0 Å². The van der Waals surface area contributed by atoms with Crippen LogP contribution in [0.1, 0.15) is 48.5 Å². The number of nitrogens with one attached hydrogen (secondary N) is 1. The van der Waals surface area contributed by atoms with Crippen molar-refractivity contribution in [1.82, 2.24) is 5.32 Å². The fraction of sp³-hybridized carbons (Fsp3) is 0.846. The maximum absolute atomic E-state index is 11.6. The lowest BCUT2D eigenvalue weighted by atomic mass is 9.97. The molecule has 2 N–H and O–H groups in total. The molecule has 6 heteroatoms. The van der Waals surface area contributed by atoms with E-state index in [1.54, 1.807) is 41.5 Å². The molecule has 1 unspecified atom stereocenters. The van der Waals surface area contributed by atoms with Crippen LogP contribution in [-0.4, -0.2) is 35.1 Å². The lowest BCUT2D eigenvalue weighted by Crippen LogP contribution is -2.46. The molecule has 0 saturated heterocycles. The number of carbonyl (C=O) groups is 2. The van der Waals surface area contributed by atoms with Crippen molar-refractivity contribution in [3.8, 4) is 0 Å². The van der Waals surface area contributed by atoms with Gasteiger partial charge in [-0.05, 0) is 48.5 Å². The van der Waals surface area contributed by atoms with E-state index < -0.39 is 35.4 Å². The van der Waals surface area contributed by atoms with Crippen molar-refractivity contribution in [2.24, 2.45) is 5.41 Å². The quantitative estimate of drug-likeness (QED) is 0.606. The molecule has 0 heterocycles. The first kappa shape index (κ1) is 17.7. The average Bonchev–Trinajstić information content (AvgIpc) is 2.12. The maximum Gasteiger partial charge on any atom is 0.408 e. The van der Waals surface area contributed by atoms with Gasteiger partial charge in [-0.2, -0.15) is 0 Å². The molecule has 6 nitrogen and oxygen atoms in total. The average molecular weight is 275 g/mol. The first-order chi connectivity index (χ1) is 8.33. The smallest absolute Gasteiger partial charge is 0.408 e. The maximum atomic E-state index is 11.6. The fourth-order valence-corrected chi connectivity index (χ4v) is 0.953. The highest BCUT2D eigenvalue weighted by molar-refractivity contribution is 5.75. The number of esters is 1. The Labute approximate surface area is 114 Å². The van der Waals surface area contributed by atoms with Gasteiger partial charge in [0.05, 0.1) is 11.5 Å². The van der Waals surface area contributed by atoms with Gasteiger partial charge in [-0.15, -0.1) is 0 Å². The zero-order valence-corrected chi connectivity index (χ0v) is 12.7. The molecule has 0 saturated carbocycles. The molecule has 0 fully saturated rings. The topological polar surface area (TPSA) is 84.9 Å². The molecule has 0 spiro atoms. The Hall–Kier alpha value is -1.30. The summed E-state index contributed by atoms with van der Waals surface area (Å²) < 4.78 is 9.88. The Bertz CT molecular complexity index is 327. The Morgan fingerprint density at radius 2 is 1.58 bits per heavy atom. The summed E-state index contributed by atoms with van der Waals surface area (Å²) in [6.45, 7) is 11.7. The van der Waals surface area contributed by atoms with E-state index in [9.17, 15) is 14.7 Å². The molecule has 0 aromatic carbocycles. The first-order valence-electron chi connectivity index (χ1n) is 6.21. The summed E-state index contributed by atoms with van der Waals surface area (Å²) in [4.78, 5) is 23.0. The molecule has 0 aliphatic carbocycles. The van der Waals surface area contributed by atoms with Crippen LogP contribution in [0.3, 0.4) is 0 Å². The Balaban J connectivity index is 4.32. The van der Waals surface area contributed by atoms with Crippen molar-refractivity contribution in [1.29, 1.82) is 0 Å². The van der Waals surface area contributed by atoms with Crippen molar-refractivity contribution in [2.45, 2.75) is 66.4 Å². The monoisotopic (exact) mass is 275 g/mol. The lowest BCUT2D eigenvalue weighted by Gasteiger charge is -2.26. The minimum absolute atomic E-state index is 0.544. The number of aliphatic hydroxyl groups is 1. The molecule has 0 radical (unpaired) electrons. The SMILES string of the molecule is C[C@H](NC(=O)OC(C)(C)C)C(O)OC(=O)C(C)(C)C. The second-order valence-electron chi connectivity index (χ2n) is 6.48. The number of hydrogen-bond acceptors (Lipinski definition) is 5. The Morgan fingerprint density at radius 3 is 1.95 bits per heavy atom. The van der Waals surface area contributed by atoms with Crippen LogP contribution in [0, 0.1) is 5.41 Å². The van der Waals surface area contributed by atoms with Crippen LogP contribution in [-0.2, 0) is 14.3 Å². The van der Waals surface area contributed by atoms with E-state index in [2.05, 4.69) is 5.32 Å². The van der Waals surface area contributed by atoms with E-state index >= 15 is 0 Å². The number of rotatable bonds is 3. The third kappa shape index (κ3) is 7.66. The molecular formula is C13H25NO5. The number of aliphatic hydroxyl groups excluding tert-OH is 1. The highest BCUT2D eigenvalue weighted by Crippen LogP contribution is 2.16. The molecule has 0 bridgehead atoms. The standard InChI is InChI=1S/C13H25NO5/c1-8(14-11(17)19-13(5,6)7)9(15)18-10(16)12(2,3)4/h8-9,15H,1-7H3,(H,14,17)/t8-,9?/m0/s1. The number of alkyl carbamates (subject to hydrolysis) is 1. The normalized spacial score (nSPS) is 15.4. The summed E-state index contributed by atoms with van der Waals surface area (Å²) in [6.07, 6.45) is -2.09. The second kappa shape index (κ2) is 6.23. The molecule has 0 aliphatic rings. The molecule has 0 rings (SSSR count). The molecule has 0 aromatic heterocycles. The van der Waals surface area contributed by atoms with Crippen LogP contribution in [0.2, 0.25) is 0 Å². The summed E-state index contributed by atoms with van der Waals surface area (Å²) in [5.41, 5.74) is -1.34. The van der Waals surface area contributed by atoms with Gasteiger partial charge in [0.2, 0.25) is 6.29 Å². The van der Waals surface area contributed by atoms with Crippen LogP contribution in [0.5, 0.6) is 0 Å². The van der Waals surface area contributed by atoms with E-state index in [1.165, 1.54) is 6.92 Å². The predicted octanol–water partition coefficient (Wildman–Crippen LogP) is 1.81. The van der Waals surface area contributed by atoms with Gasteiger partial charge in [-0.1, -0.05) is 0 Å². The third-order valence-corrected chi connectivity index (χ3v) is 2.01. The second-order valence-corrected chi connectivity index (χ2v) is 6.48. The van der Waals surface area contributed by atoms with E-state index in [1.807, 2.05) is 0 Å². The van der Waals surface area contributed by atoms with Crippen molar-refractivity contribution in [3.63, 3.8) is 0 Å². The number of amides is 1. The summed E-state index contributed by atoms with van der Waals surface area (Å²) >= 11 is 0. The lowest BCUT2D eigenvalue weighted by molar-refractivity contribution is -0.181. The van der Waals surface area contributed by atoms with Crippen LogP contribution in [0.15, 0.2) is 0 Å². The van der Waals surface area contributed by atoms with Gasteiger partial charge >= 0.3 is 12.1 Å². The Kier molecular flexibility index (Phi) is 5.81. The molecule has 1 amide bonds. The van der Waals surface area contributed by atoms with Gasteiger partial charge in [-0.3, -0.25) is 4.79 Å². The van der Waals surface area contributed by atoms with Gasteiger partial charge in [0, 0.05) is 0 Å². The summed E-state index contributed by atoms with van der Waals surface area (Å²) in [6, 6.07) is -0.763. The molecule has 112 valence electrons. The largest absolute Gasteiger partial charge is 0.444 e. The van der Waals surface area contributed by atoms with E-state index in [0.29, 0.717) is 0 Å². The summed E-state index contributed by atoms with van der Waals surface area (Å²) in [5.74, 6) is -0.544. The minimum atomic E-state index is -1.42. The zero-order chi connectivity index (χ0) is 15.4. The van der Waals surface area contributed by atoms with Gasteiger partial charge in [0.1, 0.15) is 5.60 Å². The van der Waals surface area contributed by atoms with Crippen molar-refractivity contribution >= 4 is 12.1 Å². The van der Waals surface area contributed by atoms with E-state index in [0.717, 1.165) is 0 Å². The Morgan fingerprint density at radius 1 is 1.11 bits per heavy atom. The molecule has 0 aromatic rings. The van der Waals surface area contributed by atoms with Crippen molar-refractivity contribution in [2.75, 3.05) is 0 Å². The molecule has 2 atom stereocenters. The minimum Gasteiger partial charge on any atom is -0.444 e. The summed E-state index contributed by atoms with van der Waals surface area (Å²) in [7, 11) is 0. The summed E-state index contributed by atoms with van der Waals surface area (Å²) in [5, 5.41) is 12.1. The van der Waals surface area contributed by atoms with Crippen molar-refractivity contribution in [3.05, 3.63) is 0 Å².